The maximum absolute atomic E-state index is 12.3. The van der Waals surface area contributed by atoms with E-state index in [1.165, 1.54) is 0 Å². The fourth-order valence-electron chi connectivity index (χ4n) is 2.74. The van der Waals surface area contributed by atoms with E-state index in [1.54, 1.807) is 0 Å². The number of hydrogen-bond acceptors (Lipinski definition) is 4. The van der Waals surface area contributed by atoms with E-state index in [2.05, 4.69) is 16.0 Å². The third-order valence-corrected chi connectivity index (χ3v) is 4.22. The van der Waals surface area contributed by atoms with Crippen molar-refractivity contribution in [1.29, 1.82) is 0 Å². The molecule has 128 valence electrons. The molecule has 1 saturated carbocycles. The molecule has 23 heavy (non-hydrogen) atoms. The van der Waals surface area contributed by atoms with E-state index < -0.39 is 30.0 Å². The van der Waals surface area contributed by atoms with Crippen molar-refractivity contribution in [2.75, 3.05) is 6.54 Å². The number of primary amides is 1. The van der Waals surface area contributed by atoms with Crippen molar-refractivity contribution < 1.29 is 24.3 Å². The van der Waals surface area contributed by atoms with Crippen LogP contribution < -0.4 is 21.7 Å². The summed E-state index contributed by atoms with van der Waals surface area (Å²) in [7, 11) is 0. The zero-order valence-corrected chi connectivity index (χ0v) is 12.7. The highest BCUT2D eigenvalue weighted by Gasteiger charge is 2.34. The van der Waals surface area contributed by atoms with Crippen LogP contribution in [-0.2, 0) is 14.4 Å². The van der Waals surface area contributed by atoms with Crippen LogP contribution >= 0.6 is 0 Å². The molecule has 1 aliphatic carbocycles. The van der Waals surface area contributed by atoms with Gasteiger partial charge in [0.2, 0.25) is 17.7 Å². The Labute approximate surface area is 133 Å². The first kappa shape index (κ1) is 17.0. The summed E-state index contributed by atoms with van der Waals surface area (Å²) in [6.45, 7) is 0.536. The highest BCUT2D eigenvalue weighted by molar-refractivity contribution is 5.91. The van der Waals surface area contributed by atoms with E-state index in [0.29, 0.717) is 25.3 Å². The van der Waals surface area contributed by atoms with Gasteiger partial charge in [-0.1, -0.05) is 12.8 Å². The van der Waals surface area contributed by atoms with Gasteiger partial charge in [0, 0.05) is 12.5 Å². The van der Waals surface area contributed by atoms with Gasteiger partial charge in [-0.15, -0.1) is 0 Å². The molecule has 1 aliphatic heterocycles. The molecule has 0 aromatic heterocycles. The largest absolute Gasteiger partial charge is 0.465 e. The second-order valence-corrected chi connectivity index (χ2v) is 6.16. The molecule has 2 fully saturated rings. The first-order chi connectivity index (χ1) is 10.9. The second-order valence-electron chi connectivity index (χ2n) is 6.16. The molecule has 0 spiro atoms. The van der Waals surface area contributed by atoms with Crippen LogP contribution in [-0.4, -0.2) is 47.5 Å². The molecule has 2 rings (SSSR count). The average Bonchev–Trinajstić information content (AvgIpc) is 3.19. The molecule has 0 aromatic carbocycles. The van der Waals surface area contributed by atoms with Crippen LogP contribution in [0.15, 0.2) is 0 Å². The Hall–Kier alpha value is -2.32. The maximum atomic E-state index is 12.3. The van der Waals surface area contributed by atoms with Gasteiger partial charge < -0.3 is 26.8 Å². The van der Waals surface area contributed by atoms with Crippen LogP contribution in [0.3, 0.4) is 0 Å². The number of nitrogens with two attached hydrogens (primary N) is 1. The van der Waals surface area contributed by atoms with Crippen molar-refractivity contribution in [3.63, 3.8) is 0 Å². The van der Waals surface area contributed by atoms with E-state index in [-0.39, 0.29) is 18.2 Å². The van der Waals surface area contributed by atoms with E-state index in [9.17, 15) is 19.2 Å². The van der Waals surface area contributed by atoms with Gasteiger partial charge in [-0.2, -0.15) is 0 Å². The van der Waals surface area contributed by atoms with Crippen molar-refractivity contribution in [3.05, 3.63) is 0 Å². The number of carbonyl (C=O) groups excluding carboxylic acids is 3. The lowest BCUT2D eigenvalue weighted by Gasteiger charge is -2.22. The molecule has 0 bridgehead atoms. The quantitative estimate of drug-likeness (QED) is 0.384. The summed E-state index contributed by atoms with van der Waals surface area (Å²) in [5.41, 5.74) is 5.30. The molecule has 0 radical (unpaired) electrons. The molecule has 3 atom stereocenters. The van der Waals surface area contributed by atoms with Crippen molar-refractivity contribution in [2.45, 2.75) is 44.2 Å². The number of carbonyl (C=O) groups is 4. The lowest BCUT2D eigenvalue weighted by molar-refractivity contribution is -0.130. The fraction of sp³-hybridized carbons (Fsp3) is 0.714. The lowest BCUT2D eigenvalue weighted by Crippen LogP contribution is -2.53. The predicted octanol–water partition coefficient (Wildman–Crippen LogP) is -1.08. The SMILES string of the molecule is NC(=O)[C@H](C[C@@H]1CCNC1=O)NC(=O)[C@H](CC1CC1)NC(=O)O. The van der Waals surface area contributed by atoms with Crippen molar-refractivity contribution in [2.24, 2.45) is 17.6 Å². The molecule has 9 nitrogen and oxygen atoms in total. The van der Waals surface area contributed by atoms with Gasteiger partial charge in [-0.05, 0) is 25.2 Å². The van der Waals surface area contributed by atoms with Crippen molar-refractivity contribution in [1.82, 2.24) is 16.0 Å². The van der Waals surface area contributed by atoms with E-state index in [1.807, 2.05) is 0 Å². The molecule has 4 amide bonds. The highest BCUT2D eigenvalue weighted by atomic mass is 16.4. The summed E-state index contributed by atoms with van der Waals surface area (Å²) >= 11 is 0. The number of amides is 4. The number of carboxylic acid groups (broad SMARTS) is 1. The average molecular weight is 326 g/mol. The molecule has 0 unspecified atom stereocenters. The second kappa shape index (κ2) is 7.30. The van der Waals surface area contributed by atoms with Gasteiger partial charge in [0.05, 0.1) is 0 Å². The Morgan fingerprint density at radius 1 is 1.17 bits per heavy atom. The molecule has 2 aliphatic rings. The Bertz CT molecular complexity index is 505. The summed E-state index contributed by atoms with van der Waals surface area (Å²) in [6, 6.07) is -1.91. The van der Waals surface area contributed by atoms with Gasteiger partial charge in [-0.25, -0.2) is 4.79 Å². The van der Waals surface area contributed by atoms with Crippen molar-refractivity contribution >= 4 is 23.8 Å². The third kappa shape index (κ3) is 5.11. The highest BCUT2D eigenvalue weighted by Crippen LogP contribution is 2.33. The smallest absolute Gasteiger partial charge is 0.405 e. The molecular formula is C14H22N4O5. The third-order valence-electron chi connectivity index (χ3n) is 4.22. The zero-order chi connectivity index (χ0) is 17.0. The standard InChI is InChI=1S/C14H22N4O5/c15-11(19)9(6-8-3-4-16-12(8)20)17-13(21)10(18-14(22)23)5-7-1-2-7/h7-10,18H,1-6H2,(H2,15,19)(H,16,20)(H,17,21)(H,22,23)/t8-,9-,10-/m0/s1. The summed E-state index contributed by atoms with van der Waals surface area (Å²) in [4.78, 5) is 46.2. The van der Waals surface area contributed by atoms with Crippen LogP contribution in [0, 0.1) is 11.8 Å². The Kier molecular flexibility index (Phi) is 5.41. The normalized spacial score (nSPS) is 22.8. The maximum Gasteiger partial charge on any atom is 0.405 e. The minimum Gasteiger partial charge on any atom is -0.465 e. The minimum atomic E-state index is -1.29. The van der Waals surface area contributed by atoms with Crippen LogP contribution in [0.2, 0.25) is 0 Å². The summed E-state index contributed by atoms with van der Waals surface area (Å²) in [6.07, 6.45) is 1.73. The summed E-state index contributed by atoms with van der Waals surface area (Å²) in [5.74, 6) is -1.53. The minimum absolute atomic E-state index is 0.121. The number of nitrogens with one attached hydrogen (secondary N) is 3. The number of hydrogen-bond donors (Lipinski definition) is 5. The van der Waals surface area contributed by atoms with Gasteiger partial charge in [0.1, 0.15) is 12.1 Å². The van der Waals surface area contributed by atoms with Gasteiger partial charge in [-0.3, -0.25) is 14.4 Å². The van der Waals surface area contributed by atoms with E-state index in [0.717, 1.165) is 12.8 Å². The molecule has 1 saturated heterocycles. The molecule has 0 aromatic rings. The summed E-state index contributed by atoms with van der Waals surface area (Å²) < 4.78 is 0. The van der Waals surface area contributed by atoms with Gasteiger partial charge >= 0.3 is 6.09 Å². The Balaban J connectivity index is 1.95. The van der Waals surface area contributed by atoms with Crippen LogP contribution in [0.1, 0.15) is 32.1 Å². The number of rotatable bonds is 8. The van der Waals surface area contributed by atoms with E-state index in [4.69, 9.17) is 10.8 Å². The first-order valence-corrected chi connectivity index (χ1v) is 7.73. The summed E-state index contributed by atoms with van der Waals surface area (Å²) in [5, 5.41) is 16.1. The van der Waals surface area contributed by atoms with Gasteiger partial charge in [0.25, 0.3) is 0 Å². The molecule has 1 heterocycles. The zero-order valence-electron chi connectivity index (χ0n) is 12.7. The molecular weight excluding hydrogens is 304 g/mol. The molecule has 6 N–H and O–H groups in total. The van der Waals surface area contributed by atoms with Crippen molar-refractivity contribution in [3.8, 4) is 0 Å². The van der Waals surface area contributed by atoms with E-state index >= 15 is 0 Å². The van der Waals surface area contributed by atoms with Crippen LogP contribution in [0.4, 0.5) is 4.79 Å². The lowest BCUT2D eigenvalue weighted by atomic mass is 9.97. The van der Waals surface area contributed by atoms with Crippen LogP contribution in [0.5, 0.6) is 0 Å². The fourth-order valence-corrected chi connectivity index (χ4v) is 2.74. The van der Waals surface area contributed by atoms with Gasteiger partial charge in [0.15, 0.2) is 0 Å². The Morgan fingerprint density at radius 3 is 2.35 bits per heavy atom. The first-order valence-electron chi connectivity index (χ1n) is 7.73. The van der Waals surface area contributed by atoms with Crippen LogP contribution in [0.25, 0.3) is 0 Å². The molecule has 9 heteroatoms. The predicted molar refractivity (Wildman–Crippen MR) is 79.1 cm³/mol. The topological polar surface area (TPSA) is 151 Å². The Morgan fingerprint density at radius 2 is 1.87 bits per heavy atom. The monoisotopic (exact) mass is 326 g/mol.